The van der Waals surface area contributed by atoms with Gasteiger partial charge in [-0.2, -0.15) is 0 Å². The molecule has 5 heteroatoms. The van der Waals surface area contributed by atoms with Crippen molar-refractivity contribution in [1.82, 2.24) is 5.32 Å². The molecule has 0 spiro atoms. The Kier molecular flexibility index (Phi) is 5.66. The van der Waals surface area contributed by atoms with E-state index in [0.29, 0.717) is 19.8 Å². The number of halogens is 1. The first kappa shape index (κ1) is 17.4. The van der Waals surface area contributed by atoms with Gasteiger partial charge in [-0.15, -0.1) is 0 Å². The molecule has 0 aromatic heterocycles. The molecule has 3 rings (SSSR count). The summed E-state index contributed by atoms with van der Waals surface area (Å²) in [7, 11) is 0. The molecule has 0 aliphatic carbocycles. The van der Waals surface area contributed by atoms with Gasteiger partial charge in [0.05, 0.1) is 0 Å². The zero-order valence-electron chi connectivity index (χ0n) is 14.0. The predicted octanol–water partition coefficient (Wildman–Crippen LogP) is 3.07. The van der Waals surface area contributed by atoms with Gasteiger partial charge < -0.3 is 14.8 Å². The standard InChI is InChI=1S/C20H22FNO3/c21-17-8-4-5-9-18(17)25-14-19(23)22-15-20(10-12-24-13-11-20)16-6-2-1-3-7-16/h1-9H,10-15H2,(H,22,23). The minimum absolute atomic E-state index is 0.0847. The number of nitrogens with one attached hydrogen (secondary N) is 1. The minimum Gasteiger partial charge on any atom is -0.481 e. The van der Waals surface area contributed by atoms with Crippen LogP contribution in [0.3, 0.4) is 0 Å². The molecule has 1 fully saturated rings. The Morgan fingerprint density at radius 3 is 2.48 bits per heavy atom. The zero-order chi connectivity index (χ0) is 17.5. The van der Waals surface area contributed by atoms with Crippen molar-refractivity contribution < 1.29 is 18.7 Å². The van der Waals surface area contributed by atoms with Gasteiger partial charge in [-0.3, -0.25) is 4.79 Å². The summed E-state index contributed by atoms with van der Waals surface area (Å²) < 4.78 is 24.3. The van der Waals surface area contributed by atoms with Crippen LogP contribution in [0.4, 0.5) is 4.39 Å². The number of rotatable bonds is 6. The van der Waals surface area contributed by atoms with E-state index in [4.69, 9.17) is 9.47 Å². The molecular weight excluding hydrogens is 321 g/mol. The molecule has 4 nitrogen and oxygen atoms in total. The number of ether oxygens (including phenoxy) is 2. The second-order valence-corrected chi connectivity index (χ2v) is 6.25. The van der Waals surface area contributed by atoms with Crippen molar-refractivity contribution in [2.45, 2.75) is 18.3 Å². The van der Waals surface area contributed by atoms with Crippen molar-refractivity contribution in [3.63, 3.8) is 0 Å². The molecule has 1 heterocycles. The van der Waals surface area contributed by atoms with Crippen LogP contribution >= 0.6 is 0 Å². The number of carbonyl (C=O) groups excluding carboxylic acids is 1. The van der Waals surface area contributed by atoms with Gasteiger partial charge >= 0.3 is 0 Å². The summed E-state index contributed by atoms with van der Waals surface area (Å²) in [4.78, 5) is 12.2. The molecule has 1 aliphatic heterocycles. The minimum atomic E-state index is -0.472. The second-order valence-electron chi connectivity index (χ2n) is 6.25. The van der Waals surface area contributed by atoms with Crippen LogP contribution in [0.1, 0.15) is 18.4 Å². The van der Waals surface area contributed by atoms with Crippen LogP contribution in [0.2, 0.25) is 0 Å². The Morgan fingerprint density at radius 1 is 1.08 bits per heavy atom. The topological polar surface area (TPSA) is 47.6 Å². The smallest absolute Gasteiger partial charge is 0.257 e. The average Bonchev–Trinajstić information content (AvgIpc) is 2.67. The lowest BCUT2D eigenvalue weighted by Crippen LogP contribution is -2.45. The summed E-state index contributed by atoms with van der Waals surface area (Å²) in [5.74, 6) is -0.646. The van der Waals surface area contributed by atoms with Crippen molar-refractivity contribution in [3.8, 4) is 5.75 Å². The Bertz CT molecular complexity index is 699. The molecule has 0 saturated carbocycles. The van der Waals surface area contributed by atoms with E-state index < -0.39 is 5.82 Å². The van der Waals surface area contributed by atoms with Gasteiger partial charge in [0.25, 0.3) is 5.91 Å². The van der Waals surface area contributed by atoms with Crippen molar-refractivity contribution in [2.75, 3.05) is 26.4 Å². The zero-order valence-corrected chi connectivity index (χ0v) is 14.0. The fraction of sp³-hybridized carbons (Fsp3) is 0.350. The molecule has 1 N–H and O–H groups in total. The summed E-state index contributed by atoms with van der Waals surface area (Å²) in [6.45, 7) is 1.66. The first-order chi connectivity index (χ1) is 12.2. The number of hydrogen-bond donors (Lipinski definition) is 1. The van der Waals surface area contributed by atoms with Gasteiger partial charge in [-0.25, -0.2) is 4.39 Å². The molecule has 2 aromatic carbocycles. The Morgan fingerprint density at radius 2 is 1.76 bits per heavy atom. The lowest BCUT2D eigenvalue weighted by molar-refractivity contribution is -0.123. The summed E-state index contributed by atoms with van der Waals surface area (Å²) >= 11 is 0. The number of carbonyl (C=O) groups is 1. The van der Waals surface area contributed by atoms with Gasteiger partial charge in [0.2, 0.25) is 0 Å². The number of hydrogen-bond acceptors (Lipinski definition) is 3. The van der Waals surface area contributed by atoms with Gasteiger partial charge in [0, 0.05) is 25.2 Å². The van der Waals surface area contributed by atoms with E-state index in [1.54, 1.807) is 12.1 Å². The highest BCUT2D eigenvalue weighted by Crippen LogP contribution is 2.34. The maximum absolute atomic E-state index is 13.5. The first-order valence-electron chi connectivity index (χ1n) is 8.47. The Balaban J connectivity index is 1.59. The quantitative estimate of drug-likeness (QED) is 0.877. The summed E-state index contributed by atoms with van der Waals surface area (Å²) in [6, 6.07) is 16.2. The number of benzene rings is 2. The fourth-order valence-corrected chi connectivity index (χ4v) is 3.15. The van der Waals surface area contributed by atoms with E-state index in [9.17, 15) is 9.18 Å². The van der Waals surface area contributed by atoms with Crippen molar-refractivity contribution in [3.05, 3.63) is 66.0 Å². The Labute approximate surface area is 147 Å². The summed E-state index contributed by atoms with van der Waals surface area (Å²) in [6.07, 6.45) is 1.71. The Hall–Kier alpha value is -2.40. The van der Waals surface area contributed by atoms with Crippen molar-refractivity contribution in [1.29, 1.82) is 0 Å². The highest BCUT2D eigenvalue weighted by Gasteiger charge is 2.34. The third-order valence-electron chi connectivity index (χ3n) is 4.66. The van der Waals surface area contributed by atoms with E-state index >= 15 is 0 Å². The van der Waals surface area contributed by atoms with Crippen LogP contribution in [0.25, 0.3) is 0 Å². The van der Waals surface area contributed by atoms with Gasteiger partial charge in [-0.1, -0.05) is 42.5 Å². The van der Waals surface area contributed by atoms with E-state index in [0.717, 1.165) is 12.8 Å². The lowest BCUT2D eigenvalue weighted by Gasteiger charge is -2.38. The molecule has 0 bridgehead atoms. The molecule has 1 amide bonds. The molecule has 1 saturated heterocycles. The summed E-state index contributed by atoms with van der Waals surface area (Å²) in [5, 5.41) is 2.94. The fourth-order valence-electron chi connectivity index (χ4n) is 3.15. The highest BCUT2D eigenvalue weighted by atomic mass is 19.1. The number of amides is 1. The largest absolute Gasteiger partial charge is 0.481 e. The van der Waals surface area contributed by atoms with Crippen molar-refractivity contribution >= 4 is 5.91 Å². The van der Waals surface area contributed by atoms with Gasteiger partial charge in [-0.05, 0) is 30.5 Å². The van der Waals surface area contributed by atoms with E-state index in [2.05, 4.69) is 17.4 Å². The monoisotopic (exact) mass is 343 g/mol. The third kappa shape index (κ3) is 4.37. The van der Waals surface area contributed by atoms with Crippen LogP contribution in [-0.2, 0) is 14.9 Å². The maximum atomic E-state index is 13.5. The molecule has 0 atom stereocenters. The van der Waals surface area contributed by atoms with Crippen LogP contribution in [0.15, 0.2) is 54.6 Å². The number of para-hydroxylation sites is 1. The highest BCUT2D eigenvalue weighted by molar-refractivity contribution is 5.77. The van der Waals surface area contributed by atoms with E-state index in [1.165, 1.54) is 17.7 Å². The molecule has 2 aromatic rings. The van der Waals surface area contributed by atoms with Gasteiger partial charge in [0.15, 0.2) is 18.2 Å². The van der Waals surface area contributed by atoms with Crippen LogP contribution in [0, 0.1) is 5.82 Å². The maximum Gasteiger partial charge on any atom is 0.257 e. The molecular formula is C20H22FNO3. The molecule has 0 unspecified atom stereocenters. The third-order valence-corrected chi connectivity index (χ3v) is 4.66. The lowest BCUT2D eigenvalue weighted by atomic mass is 9.74. The first-order valence-corrected chi connectivity index (χ1v) is 8.47. The van der Waals surface area contributed by atoms with E-state index in [1.807, 2.05) is 18.2 Å². The average molecular weight is 343 g/mol. The van der Waals surface area contributed by atoms with Gasteiger partial charge in [0.1, 0.15) is 0 Å². The molecule has 132 valence electrons. The molecule has 0 radical (unpaired) electrons. The van der Waals surface area contributed by atoms with Crippen molar-refractivity contribution in [2.24, 2.45) is 0 Å². The second kappa shape index (κ2) is 8.12. The van der Waals surface area contributed by atoms with E-state index in [-0.39, 0.29) is 23.7 Å². The normalized spacial score (nSPS) is 16.2. The molecule has 25 heavy (non-hydrogen) atoms. The predicted molar refractivity (Wildman–Crippen MR) is 93.1 cm³/mol. The SMILES string of the molecule is O=C(COc1ccccc1F)NCC1(c2ccccc2)CCOCC1. The molecule has 1 aliphatic rings. The van der Waals surface area contributed by atoms with Crippen LogP contribution in [0.5, 0.6) is 5.75 Å². The summed E-state index contributed by atoms with van der Waals surface area (Å²) in [5.41, 5.74) is 1.07. The van der Waals surface area contributed by atoms with Crippen LogP contribution < -0.4 is 10.1 Å². The van der Waals surface area contributed by atoms with Crippen LogP contribution in [-0.4, -0.2) is 32.3 Å².